The molecule has 0 saturated carbocycles. The fourth-order valence-electron chi connectivity index (χ4n) is 2.12. The third-order valence-corrected chi connectivity index (χ3v) is 3.27. The van der Waals surface area contributed by atoms with Gasteiger partial charge in [0, 0.05) is 6.07 Å². The van der Waals surface area contributed by atoms with Crippen molar-refractivity contribution < 1.29 is 4.92 Å². The standard InChI is InChI=1S/C14H15NO2/c1-3-10(2)11-8-9-14(15(16)17)13-7-5-4-6-12(11)13/h4-10H,3H2,1-2H3. The second-order valence-corrected chi connectivity index (χ2v) is 4.29. The van der Waals surface area contributed by atoms with Gasteiger partial charge >= 0.3 is 0 Å². The predicted octanol–water partition coefficient (Wildman–Crippen LogP) is 4.26. The molecule has 1 unspecified atom stereocenters. The Bertz CT molecular complexity index is 563. The summed E-state index contributed by atoms with van der Waals surface area (Å²) in [5.74, 6) is 0.417. The van der Waals surface area contributed by atoms with Crippen LogP contribution in [-0.4, -0.2) is 4.92 Å². The second kappa shape index (κ2) is 4.53. The van der Waals surface area contributed by atoms with E-state index in [9.17, 15) is 10.1 Å². The molecule has 0 aliphatic rings. The van der Waals surface area contributed by atoms with Crippen molar-refractivity contribution in [2.75, 3.05) is 0 Å². The van der Waals surface area contributed by atoms with E-state index in [0.29, 0.717) is 5.92 Å². The van der Waals surface area contributed by atoms with Crippen LogP contribution in [0.15, 0.2) is 36.4 Å². The molecule has 3 heteroatoms. The Labute approximate surface area is 100 Å². The number of nitro benzene ring substituents is 1. The van der Waals surface area contributed by atoms with Crippen LogP contribution in [0.3, 0.4) is 0 Å². The average Bonchev–Trinajstić information content (AvgIpc) is 2.36. The lowest BCUT2D eigenvalue weighted by Crippen LogP contribution is -1.96. The van der Waals surface area contributed by atoms with Crippen molar-refractivity contribution in [2.45, 2.75) is 26.2 Å². The molecule has 2 rings (SSSR count). The molecule has 0 spiro atoms. The van der Waals surface area contributed by atoms with E-state index in [4.69, 9.17) is 0 Å². The van der Waals surface area contributed by atoms with Gasteiger partial charge in [-0.2, -0.15) is 0 Å². The number of hydrogen-bond acceptors (Lipinski definition) is 2. The molecule has 0 N–H and O–H groups in total. The van der Waals surface area contributed by atoms with Crippen LogP contribution >= 0.6 is 0 Å². The van der Waals surface area contributed by atoms with E-state index in [1.54, 1.807) is 6.07 Å². The van der Waals surface area contributed by atoms with Crippen LogP contribution in [-0.2, 0) is 0 Å². The van der Waals surface area contributed by atoms with E-state index in [2.05, 4.69) is 13.8 Å². The molecule has 0 aliphatic heterocycles. The van der Waals surface area contributed by atoms with Crippen molar-refractivity contribution in [2.24, 2.45) is 0 Å². The van der Waals surface area contributed by atoms with Gasteiger partial charge in [0.05, 0.1) is 10.3 Å². The first kappa shape index (κ1) is 11.6. The topological polar surface area (TPSA) is 43.1 Å². The molecule has 88 valence electrons. The molecule has 0 fully saturated rings. The van der Waals surface area contributed by atoms with Crippen LogP contribution in [0.5, 0.6) is 0 Å². The molecule has 0 saturated heterocycles. The average molecular weight is 229 g/mol. The largest absolute Gasteiger partial charge is 0.277 e. The molecule has 2 aromatic carbocycles. The van der Waals surface area contributed by atoms with Gasteiger partial charge in [-0.25, -0.2) is 0 Å². The first-order valence-corrected chi connectivity index (χ1v) is 5.81. The van der Waals surface area contributed by atoms with Gasteiger partial charge in [-0.1, -0.05) is 38.1 Å². The summed E-state index contributed by atoms with van der Waals surface area (Å²) in [4.78, 5) is 10.7. The van der Waals surface area contributed by atoms with Gasteiger partial charge in [-0.15, -0.1) is 0 Å². The maximum Gasteiger partial charge on any atom is 0.277 e. The Balaban J connectivity index is 2.75. The van der Waals surface area contributed by atoms with Crippen LogP contribution in [0.25, 0.3) is 10.8 Å². The Kier molecular flexibility index (Phi) is 3.09. The minimum Gasteiger partial charge on any atom is -0.258 e. The smallest absolute Gasteiger partial charge is 0.258 e. The van der Waals surface area contributed by atoms with Crippen molar-refractivity contribution in [3.63, 3.8) is 0 Å². The third-order valence-electron chi connectivity index (χ3n) is 3.27. The molecule has 17 heavy (non-hydrogen) atoms. The highest BCUT2D eigenvalue weighted by molar-refractivity contribution is 5.93. The quantitative estimate of drug-likeness (QED) is 0.583. The number of nitro groups is 1. The van der Waals surface area contributed by atoms with E-state index in [0.717, 1.165) is 17.2 Å². The highest BCUT2D eigenvalue weighted by Crippen LogP contribution is 2.32. The summed E-state index contributed by atoms with van der Waals surface area (Å²) in [6.45, 7) is 4.27. The van der Waals surface area contributed by atoms with Crippen LogP contribution in [0.4, 0.5) is 5.69 Å². The molecule has 2 aromatic rings. The van der Waals surface area contributed by atoms with Gasteiger partial charge in [0.1, 0.15) is 0 Å². The van der Waals surface area contributed by atoms with E-state index in [1.165, 1.54) is 5.56 Å². The molecular weight excluding hydrogens is 214 g/mol. The van der Waals surface area contributed by atoms with E-state index in [-0.39, 0.29) is 10.6 Å². The number of rotatable bonds is 3. The Morgan fingerprint density at radius 3 is 2.41 bits per heavy atom. The summed E-state index contributed by atoms with van der Waals surface area (Å²) in [5.41, 5.74) is 1.38. The minimum absolute atomic E-state index is 0.188. The summed E-state index contributed by atoms with van der Waals surface area (Å²) in [7, 11) is 0. The SMILES string of the molecule is CCC(C)c1ccc([N+](=O)[O-])c2ccccc12. The predicted molar refractivity (Wildman–Crippen MR) is 69.3 cm³/mol. The highest BCUT2D eigenvalue weighted by Gasteiger charge is 2.15. The first-order chi connectivity index (χ1) is 8.15. The fourth-order valence-corrected chi connectivity index (χ4v) is 2.12. The normalized spacial score (nSPS) is 12.6. The van der Waals surface area contributed by atoms with E-state index in [1.807, 2.05) is 30.3 Å². The molecular formula is C14H15NO2. The molecule has 0 aliphatic carbocycles. The number of nitrogens with zero attached hydrogens (tertiary/aromatic N) is 1. The van der Waals surface area contributed by atoms with Gasteiger partial charge in [-0.05, 0) is 29.4 Å². The van der Waals surface area contributed by atoms with E-state index >= 15 is 0 Å². The van der Waals surface area contributed by atoms with Gasteiger partial charge in [-0.3, -0.25) is 10.1 Å². The molecule has 1 atom stereocenters. The van der Waals surface area contributed by atoms with Gasteiger partial charge in [0.15, 0.2) is 0 Å². The molecule has 0 amide bonds. The van der Waals surface area contributed by atoms with Crippen molar-refractivity contribution in [1.82, 2.24) is 0 Å². The van der Waals surface area contributed by atoms with Crippen LogP contribution in [0.1, 0.15) is 31.7 Å². The van der Waals surface area contributed by atoms with Crippen LogP contribution in [0, 0.1) is 10.1 Å². The van der Waals surface area contributed by atoms with E-state index < -0.39 is 0 Å². The molecule has 0 heterocycles. The number of hydrogen-bond donors (Lipinski definition) is 0. The molecule has 0 aromatic heterocycles. The maximum absolute atomic E-state index is 11.0. The van der Waals surface area contributed by atoms with Crippen molar-refractivity contribution in [1.29, 1.82) is 0 Å². The fraction of sp³-hybridized carbons (Fsp3) is 0.286. The molecule has 0 bridgehead atoms. The highest BCUT2D eigenvalue weighted by atomic mass is 16.6. The lowest BCUT2D eigenvalue weighted by molar-refractivity contribution is -0.383. The van der Waals surface area contributed by atoms with Gasteiger partial charge < -0.3 is 0 Å². The third kappa shape index (κ3) is 2.00. The lowest BCUT2D eigenvalue weighted by atomic mass is 9.92. The van der Waals surface area contributed by atoms with Gasteiger partial charge in [0.2, 0.25) is 0 Å². The summed E-state index contributed by atoms with van der Waals surface area (Å²) in [6.07, 6.45) is 1.03. The summed E-state index contributed by atoms with van der Waals surface area (Å²) < 4.78 is 0. The van der Waals surface area contributed by atoms with Crippen molar-refractivity contribution in [3.05, 3.63) is 52.1 Å². The Hall–Kier alpha value is -1.90. The maximum atomic E-state index is 11.0. The van der Waals surface area contributed by atoms with Crippen LogP contribution in [0.2, 0.25) is 0 Å². The van der Waals surface area contributed by atoms with Crippen molar-refractivity contribution >= 4 is 16.5 Å². The molecule has 0 radical (unpaired) electrons. The Morgan fingerprint density at radius 2 is 1.82 bits per heavy atom. The number of non-ortho nitro benzene ring substituents is 1. The van der Waals surface area contributed by atoms with Crippen LogP contribution < -0.4 is 0 Å². The number of benzene rings is 2. The zero-order valence-electron chi connectivity index (χ0n) is 10.0. The minimum atomic E-state index is -0.317. The van der Waals surface area contributed by atoms with Gasteiger partial charge in [0.25, 0.3) is 5.69 Å². The first-order valence-electron chi connectivity index (χ1n) is 5.81. The zero-order chi connectivity index (χ0) is 12.4. The second-order valence-electron chi connectivity index (χ2n) is 4.29. The molecule has 3 nitrogen and oxygen atoms in total. The monoisotopic (exact) mass is 229 g/mol. The Morgan fingerprint density at radius 1 is 1.18 bits per heavy atom. The lowest BCUT2D eigenvalue weighted by Gasteiger charge is -2.12. The summed E-state index contributed by atoms with van der Waals surface area (Å²) in [6, 6.07) is 11.1. The van der Waals surface area contributed by atoms with Crippen molar-refractivity contribution in [3.8, 4) is 0 Å². The zero-order valence-corrected chi connectivity index (χ0v) is 10.0. The summed E-state index contributed by atoms with van der Waals surface area (Å²) in [5, 5.41) is 12.7. The number of fused-ring (bicyclic) bond motifs is 1. The summed E-state index contributed by atoms with van der Waals surface area (Å²) >= 11 is 0.